The molecule has 1 N–H and O–H groups in total. The van der Waals surface area contributed by atoms with Gasteiger partial charge in [0.05, 0.1) is 12.3 Å². The maximum atomic E-state index is 5.76. The van der Waals surface area contributed by atoms with Gasteiger partial charge in [-0.1, -0.05) is 13.0 Å². The summed E-state index contributed by atoms with van der Waals surface area (Å²) in [7, 11) is 0. The number of furan rings is 1. The highest BCUT2D eigenvalue weighted by molar-refractivity contribution is 5.48. The van der Waals surface area contributed by atoms with Crippen LogP contribution in [0.1, 0.15) is 52.1 Å². The van der Waals surface area contributed by atoms with Gasteiger partial charge >= 0.3 is 0 Å². The van der Waals surface area contributed by atoms with E-state index in [1.807, 2.05) is 6.07 Å². The van der Waals surface area contributed by atoms with E-state index in [0.717, 1.165) is 12.3 Å². The van der Waals surface area contributed by atoms with Crippen molar-refractivity contribution >= 4 is 0 Å². The van der Waals surface area contributed by atoms with Crippen LogP contribution in [0.25, 0.3) is 0 Å². The number of hydrogen-bond acceptors (Lipinski definition) is 2. The van der Waals surface area contributed by atoms with Gasteiger partial charge in [-0.25, -0.2) is 0 Å². The van der Waals surface area contributed by atoms with E-state index in [9.17, 15) is 0 Å². The van der Waals surface area contributed by atoms with E-state index >= 15 is 0 Å². The average Bonchev–Trinajstić information content (AvgIpc) is 2.82. The quantitative estimate of drug-likeness (QED) is 0.884. The molecule has 0 aliphatic heterocycles. The van der Waals surface area contributed by atoms with Gasteiger partial charge in [-0.15, -0.1) is 0 Å². The minimum Gasteiger partial charge on any atom is -0.467 e. The summed E-state index contributed by atoms with van der Waals surface area (Å²) in [5, 5.41) is 3.58. The fourth-order valence-electron chi connectivity index (χ4n) is 2.89. The van der Waals surface area contributed by atoms with Gasteiger partial charge < -0.3 is 9.73 Å². The summed E-state index contributed by atoms with van der Waals surface area (Å²) in [4.78, 5) is 0. The molecule has 2 nitrogen and oxygen atoms in total. The smallest absolute Gasteiger partial charge is 0.128 e. The first-order chi connectivity index (χ1) is 9.47. The van der Waals surface area contributed by atoms with Gasteiger partial charge in [-0.2, -0.15) is 0 Å². The van der Waals surface area contributed by atoms with Crippen molar-refractivity contribution in [2.45, 2.75) is 47.6 Å². The summed E-state index contributed by atoms with van der Waals surface area (Å²) >= 11 is 0. The molecule has 0 radical (unpaired) electrons. The monoisotopic (exact) mass is 271 g/mol. The highest BCUT2D eigenvalue weighted by atomic mass is 16.3. The van der Waals surface area contributed by atoms with Crippen molar-refractivity contribution in [2.75, 3.05) is 6.54 Å². The lowest BCUT2D eigenvalue weighted by Crippen LogP contribution is -2.24. The normalized spacial score (nSPS) is 12.7. The Morgan fingerprint density at radius 2 is 1.60 bits per heavy atom. The first kappa shape index (κ1) is 14.9. The fourth-order valence-corrected chi connectivity index (χ4v) is 2.89. The molecule has 2 rings (SSSR count). The van der Waals surface area contributed by atoms with Crippen molar-refractivity contribution in [2.24, 2.45) is 0 Å². The molecule has 1 atom stereocenters. The van der Waals surface area contributed by atoms with Gasteiger partial charge in [0, 0.05) is 0 Å². The maximum absolute atomic E-state index is 5.76. The van der Waals surface area contributed by atoms with E-state index in [-0.39, 0.29) is 6.04 Å². The van der Waals surface area contributed by atoms with E-state index in [1.165, 1.54) is 33.4 Å². The fraction of sp³-hybridized carbons (Fsp3) is 0.444. The summed E-state index contributed by atoms with van der Waals surface area (Å²) in [6.45, 7) is 13.9. The molecule has 2 heteroatoms. The molecule has 0 fully saturated rings. The largest absolute Gasteiger partial charge is 0.467 e. The lowest BCUT2D eigenvalue weighted by molar-refractivity contribution is 0.447. The molecule has 108 valence electrons. The highest BCUT2D eigenvalue weighted by Gasteiger charge is 2.23. The van der Waals surface area contributed by atoms with Crippen LogP contribution in [0.4, 0.5) is 0 Å². The van der Waals surface area contributed by atoms with Crippen LogP contribution in [0.2, 0.25) is 0 Å². The van der Waals surface area contributed by atoms with Gasteiger partial charge in [0.15, 0.2) is 0 Å². The molecule has 1 unspecified atom stereocenters. The molecule has 0 saturated heterocycles. The van der Waals surface area contributed by atoms with Crippen LogP contribution in [0.3, 0.4) is 0 Å². The number of aryl methyl sites for hydroxylation is 3. The van der Waals surface area contributed by atoms with E-state index in [1.54, 1.807) is 6.26 Å². The molecular weight excluding hydrogens is 246 g/mol. The van der Waals surface area contributed by atoms with Crippen molar-refractivity contribution in [1.82, 2.24) is 5.32 Å². The SMILES string of the molecule is CCNC(c1occc1C)c1c(C)c(C)cc(C)c1C. The summed E-state index contributed by atoms with van der Waals surface area (Å²) in [6, 6.07) is 4.44. The van der Waals surface area contributed by atoms with Crippen molar-refractivity contribution in [1.29, 1.82) is 0 Å². The third-order valence-electron chi connectivity index (χ3n) is 4.28. The molecular formula is C18H25NO. The minimum atomic E-state index is 0.133. The molecule has 1 heterocycles. The third-order valence-corrected chi connectivity index (χ3v) is 4.28. The van der Waals surface area contributed by atoms with Crippen LogP contribution in [0.5, 0.6) is 0 Å². The zero-order valence-electron chi connectivity index (χ0n) is 13.4. The second-order valence-electron chi connectivity index (χ2n) is 5.63. The Labute approximate surface area is 122 Å². The van der Waals surface area contributed by atoms with Crippen molar-refractivity contribution in [3.63, 3.8) is 0 Å². The first-order valence-electron chi connectivity index (χ1n) is 7.32. The maximum Gasteiger partial charge on any atom is 0.128 e. The molecule has 0 spiro atoms. The molecule has 0 amide bonds. The average molecular weight is 271 g/mol. The molecule has 0 saturated carbocycles. The molecule has 1 aromatic carbocycles. The van der Waals surface area contributed by atoms with Crippen molar-refractivity contribution in [3.8, 4) is 0 Å². The molecule has 1 aromatic heterocycles. The topological polar surface area (TPSA) is 25.2 Å². The Kier molecular flexibility index (Phi) is 4.34. The number of benzene rings is 1. The summed E-state index contributed by atoms with van der Waals surface area (Å²) in [5.74, 6) is 1.03. The standard InChI is InChI=1S/C18H25NO/c1-7-19-17(18-11(2)8-9-20-18)16-14(5)12(3)10-13(4)15(16)6/h8-10,17,19H,7H2,1-6H3. The zero-order chi connectivity index (χ0) is 14.9. The van der Waals surface area contributed by atoms with Crippen LogP contribution in [-0.4, -0.2) is 6.54 Å². The van der Waals surface area contributed by atoms with Crippen molar-refractivity contribution in [3.05, 3.63) is 57.5 Å². The predicted octanol–water partition coefficient (Wildman–Crippen LogP) is 4.52. The number of hydrogen-bond donors (Lipinski definition) is 1. The molecule has 20 heavy (non-hydrogen) atoms. The second kappa shape index (κ2) is 5.84. The van der Waals surface area contributed by atoms with Crippen LogP contribution in [0, 0.1) is 34.6 Å². The number of nitrogens with one attached hydrogen (secondary N) is 1. The molecule has 0 aliphatic carbocycles. The number of rotatable bonds is 4. The third kappa shape index (κ3) is 2.53. The van der Waals surface area contributed by atoms with E-state index in [4.69, 9.17) is 4.42 Å². The predicted molar refractivity (Wildman–Crippen MR) is 84.4 cm³/mol. The lowest BCUT2D eigenvalue weighted by atomic mass is 9.88. The first-order valence-corrected chi connectivity index (χ1v) is 7.32. The van der Waals surface area contributed by atoms with Gasteiger partial charge in [-0.3, -0.25) is 0 Å². The Balaban J connectivity index is 2.64. The zero-order valence-corrected chi connectivity index (χ0v) is 13.4. The Bertz CT molecular complexity index is 584. The second-order valence-corrected chi connectivity index (χ2v) is 5.63. The molecule has 0 aliphatic rings. The van der Waals surface area contributed by atoms with Crippen molar-refractivity contribution < 1.29 is 4.42 Å². The van der Waals surface area contributed by atoms with Crippen LogP contribution >= 0.6 is 0 Å². The lowest BCUT2D eigenvalue weighted by Gasteiger charge is -2.24. The van der Waals surface area contributed by atoms with Gasteiger partial charge in [0.1, 0.15) is 5.76 Å². The minimum absolute atomic E-state index is 0.133. The van der Waals surface area contributed by atoms with Crippen LogP contribution in [0.15, 0.2) is 22.8 Å². The highest BCUT2D eigenvalue weighted by Crippen LogP contribution is 2.33. The van der Waals surface area contributed by atoms with Gasteiger partial charge in [0.25, 0.3) is 0 Å². The molecule has 2 aromatic rings. The summed E-state index contributed by atoms with van der Waals surface area (Å²) in [6.07, 6.45) is 1.78. The molecule has 0 bridgehead atoms. The Hall–Kier alpha value is -1.54. The summed E-state index contributed by atoms with van der Waals surface area (Å²) < 4.78 is 5.76. The van der Waals surface area contributed by atoms with Crippen LogP contribution in [-0.2, 0) is 0 Å². The van der Waals surface area contributed by atoms with Gasteiger partial charge in [-0.05, 0) is 80.6 Å². The van der Waals surface area contributed by atoms with E-state index in [0.29, 0.717) is 0 Å². The van der Waals surface area contributed by atoms with Crippen LogP contribution < -0.4 is 5.32 Å². The Morgan fingerprint density at radius 1 is 1.00 bits per heavy atom. The summed E-state index contributed by atoms with van der Waals surface area (Å²) in [5.41, 5.74) is 7.96. The van der Waals surface area contributed by atoms with Gasteiger partial charge in [0.2, 0.25) is 0 Å². The Morgan fingerprint density at radius 3 is 2.05 bits per heavy atom. The van der Waals surface area contributed by atoms with E-state index in [2.05, 4.69) is 52.9 Å². The van der Waals surface area contributed by atoms with E-state index < -0.39 is 0 Å².